The third-order valence-corrected chi connectivity index (χ3v) is 7.72. The molecule has 0 radical (unpaired) electrons. The van der Waals surface area contributed by atoms with E-state index in [1.54, 1.807) is 4.90 Å². The molecule has 3 aromatic rings. The van der Waals surface area contributed by atoms with Gasteiger partial charge < -0.3 is 5.11 Å². The van der Waals surface area contributed by atoms with E-state index in [9.17, 15) is 18.7 Å². The predicted octanol–water partition coefficient (Wildman–Crippen LogP) is 5.56. The van der Waals surface area contributed by atoms with Gasteiger partial charge in [-0.2, -0.15) is 0 Å². The number of hydrogen-bond donors (Lipinski definition) is 2. The van der Waals surface area contributed by atoms with Gasteiger partial charge in [0.05, 0.1) is 6.61 Å². The number of aliphatic hydroxyl groups is 1. The maximum Gasteiger partial charge on any atom is 0.268 e. The van der Waals surface area contributed by atoms with Crippen LogP contribution in [0.5, 0.6) is 0 Å². The Morgan fingerprint density at radius 2 is 1.49 bits per heavy atom. The van der Waals surface area contributed by atoms with Crippen LogP contribution in [0, 0.1) is 0 Å². The summed E-state index contributed by atoms with van der Waals surface area (Å²) >= 11 is 0. The van der Waals surface area contributed by atoms with Gasteiger partial charge in [-0.15, -0.1) is 0 Å². The van der Waals surface area contributed by atoms with Crippen molar-refractivity contribution in [1.29, 1.82) is 0 Å². The molecule has 1 heterocycles. The van der Waals surface area contributed by atoms with Crippen LogP contribution < -0.4 is 5.48 Å². The summed E-state index contributed by atoms with van der Waals surface area (Å²) in [6.07, 6.45) is -1.77. The lowest BCUT2D eigenvalue weighted by Crippen LogP contribution is -2.71. The number of alkyl halides is 2. The van der Waals surface area contributed by atoms with E-state index in [0.717, 1.165) is 23.6 Å². The second-order valence-corrected chi connectivity index (χ2v) is 9.98. The monoisotopic (exact) mass is 508 g/mol. The van der Waals surface area contributed by atoms with Crippen molar-refractivity contribution < 1.29 is 23.5 Å². The summed E-state index contributed by atoms with van der Waals surface area (Å²) < 4.78 is 28.1. The number of halogens is 2. The zero-order valence-corrected chi connectivity index (χ0v) is 21.2. The fourth-order valence-electron chi connectivity index (χ4n) is 5.00. The quantitative estimate of drug-likeness (QED) is 0.372. The zero-order valence-electron chi connectivity index (χ0n) is 21.2. The van der Waals surface area contributed by atoms with E-state index >= 15 is 0 Å². The molecule has 2 unspecified atom stereocenters. The Morgan fingerprint density at radius 1 is 0.946 bits per heavy atom. The minimum absolute atomic E-state index is 0.0839. The van der Waals surface area contributed by atoms with E-state index in [1.165, 1.54) is 12.5 Å². The van der Waals surface area contributed by atoms with Crippen LogP contribution in [0.3, 0.4) is 0 Å². The molecule has 1 saturated heterocycles. The molecule has 7 heteroatoms. The lowest BCUT2D eigenvalue weighted by Gasteiger charge is -2.50. The molecule has 1 fully saturated rings. The van der Waals surface area contributed by atoms with Gasteiger partial charge in [0.15, 0.2) is 0 Å². The van der Waals surface area contributed by atoms with Crippen LogP contribution in [0.25, 0.3) is 11.1 Å². The first-order chi connectivity index (χ1) is 17.7. The summed E-state index contributed by atoms with van der Waals surface area (Å²) in [5.41, 5.74) is 2.13. The lowest BCUT2D eigenvalue weighted by atomic mass is 9.77. The molecule has 0 saturated carbocycles. The van der Waals surface area contributed by atoms with Crippen LogP contribution in [-0.4, -0.2) is 46.6 Å². The lowest BCUT2D eigenvalue weighted by molar-refractivity contribution is -0.194. The van der Waals surface area contributed by atoms with E-state index in [0.29, 0.717) is 25.9 Å². The van der Waals surface area contributed by atoms with Crippen LogP contribution >= 0.6 is 0 Å². The van der Waals surface area contributed by atoms with Crippen LogP contribution in [0.2, 0.25) is 0 Å². The van der Waals surface area contributed by atoms with Crippen molar-refractivity contribution in [2.75, 3.05) is 13.1 Å². The summed E-state index contributed by atoms with van der Waals surface area (Å²) in [6, 6.07) is 27.8. The van der Waals surface area contributed by atoms with Crippen molar-refractivity contribution in [2.45, 2.75) is 56.8 Å². The first-order valence-electron chi connectivity index (χ1n) is 12.6. The second-order valence-electron chi connectivity index (χ2n) is 9.98. The Hall–Kier alpha value is -3.13. The molecule has 3 aromatic carbocycles. The highest BCUT2D eigenvalue weighted by Gasteiger charge is 2.58. The maximum absolute atomic E-state index is 14.0. The average molecular weight is 509 g/mol. The summed E-state index contributed by atoms with van der Waals surface area (Å²) in [5, 5.41) is 10.9. The van der Waals surface area contributed by atoms with Crippen molar-refractivity contribution in [3.05, 3.63) is 96.1 Å². The second kappa shape index (κ2) is 11.5. The van der Waals surface area contributed by atoms with Crippen LogP contribution in [-0.2, 0) is 16.2 Å². The van der Waals surface area contributed by atoms with Crippen LogP contribution in [0.15, 0.2) is 84.9 Å². The molecule has 0 spiro atoms. The summed E-state index contributed by atoms with van der Waals surface area (Å²) in [6.45, 7) is 3.24. The topological polar surface area (TPSA) is 61.8 Å². The zero-order chi connectivity index (χ0) is 26.5. The maximum atomic E-state index is 14.0. The van der Waals surface area contributed by atoms with Gasteiger partial charge in [-0.1, -0.05) is 84.9 Å². The summed E-state index contributed by atoms with van der Waals surface area (Å²) in [7, 11) is 0. The first kappa shape index (κ1) is 26.9. The van der Waals surface area contributed by atoms with Crippen LogP contribution in [0.1, 0.15) is 43.7 Å². The van der Waals surface area contributed by atoms with E-state index in [-0.39, 0.29) is 12.5 Å². The smallest absolute Gasteiger partial charge is 0.268 e. The van der Waals surface area contributed by atoms with Gasteiger partial charge in [0.1, 0.15) is 11.1 Å². The van der Waals surface area contributed by atoms with E-state index in [4.69, 9.17) is 4.84 Å². The largest absolute Gasteiger partial charge is 0.382 e. The van der Waals surface area contributed by atoms with Crippen molar-refractivity contribution >= 4 is 5.91 Å². The van der Waals surface area contributed by atoms with Crippen molar-refractivity contribution in [3.8, 4) is 11.1 Å². The molecule has 2 N–H and O–H groups in total. The highest BCUT2D eigenvalue weighted by molar-refractivity contribution is 5.86. The number of likely N-dealkylation sites (tertiary alicyclic amines) is 1. The van der Waals surface area contributed by atoms with Gasteiger partial charge in [0.25, 0.3) is 12.3 Å². The third-order valence-electron chi connectivity index (χ3n) is 7.72. The number of benzene rings is 3. The number of hydrogen-bond acceptors (Lipinski definition) is 4. The molecule has 0 bridgehead atoms. The van der Waals surface area contributed by atoms with Gasteiger partial charge in [-0.3, -0.25) is 14.5 Å². The number of amides is 1. The molecule has 1 aliphatic rings. The van der Waals surface area contributed by atoms with E-state index in [1.807, 2.05) is 48.5 Å². The van der Waals surface area contributed by atoms with Crippen molar-refractivity contribution in [3.63, 3.8) is 0 Å². The number of carbonyl (C=O) groups excluding carboxylic acids is 1. The summed E-state index contributed by atoms with van der Waals surface area (Å²) in [5.74, 6) is -0.557. The molecule has 4 rings (SSSR count). The molecule has 0 aromatic heterocycles. The number of piperidine rings is 1. The minimum atomic E-state index is -3.12. The average Bonchev–Trinajstić information content (AvgIpc) is 2.93. The number of carbonyl (C=O) groups is 1. The molecule has 0 aliphatic carbocycles. The van der Waals surface area contributed by atoms with Crippen LogP contribution in [0.4, 0.5) is 8.78 Å². The summed E-state index contributed by atoms with van der Waals surface area (Å²) in [4.78, 5) is 20.3. The van der Waals surface area contributed by atoms with Crippen molar-refractivity contribution in [2.24, 2.45) is 0 Å². The minimum Gasteiger partial charge on any atom is -0.382 e. The van der Waals surface area contributed by atoms with Gasteiger partial charge in [-0.05, 0) is 68.0 Å². The molecule has 5 nitrogen and oxygen atoms in total. The Kier molecular flexibility index (Phi) is 8.37. The van der Waals surface area contributed by atoms with Crippen molar-refractivity contribution in [1.82, 2.24) is 10.4 Å². The standard InChI is InChI=1S/C30H34F2N2O3/c1-29(30(2,36)27(31)32,28(35)33-37-21-22-9-5-3-6-10-22)34-19-17-26(18-20-34)25-15-13-24(14-16-25)23-11-7-4-8-12-23/h3-16,26-27,36H,17-21H2,1-2H3,(H,33,35). The predicted molar refractivity (Wildman–Crippen MR) is 140 cm³/mol. The number of nitrogens with zero attached hydrogens (tertiary/aromatic N) is 1. The Balaban J connectivity index is 1.44. The van der Waals surface area contributed by atoms with E-state index < -0.39 is 23.5 Å². The molecule has 2 atom stereocenters. The fourth-order valence-corrected chi connectivity index (χ4v) is 5.00. The molecule has 1 amide bonds. The van der Waals surface area contributed by atoms with Gasteiger partial charge in [0, 0.05) is 0 Å². The molecular weight excluding hydrogens is 474 g/mol. The molecule has 196 valence electrons. The van der Waals surface area contributed by atoms with Gasteiger partial charge >= 0.3 is 0 Å². The Morgan fingerprint density at radius 3 is 2.05 bits per heavy atom. The number of nitrogens with one attached hydrogen (secondary N) is 1. The highest BCUT2D eigenvalue weighted by atomic mass is 19.3. The highest BCUT2D eigenvalue weighted by Crippen LogP contribution is 2.39. The van der Waals surface area contributed by atoms with Gasteiger partial charge in [0.2, 0.25) is 0 Å². The SMILES string of the molecule is CC(O)(C(F)F)C(C)(C(=O)NOCc1ccccc1)N1CCC(c2ccc(-c3ccccc3)cc2)CC1. The molecular formula is C30H34F2N2O3. The molecule has 1 aliphatic heterocycles. The Bertz CT molecular complexity index is 1150. The number of rotatable bonds is 9. The third kappa shape index (κ3) is 5.74. The number of hydroxylamine groups is 1. The van der Waals surface area contributed by atoms with Gasteiger partial charge in [-0.25, -0.2) is 14.3 Å². The van der Waals surface area contributed by atoms with E-state index in [2.05, 4.69) is 41.9 Å². The molecule has 37 heavy (non-hydrogen) atoms. The first-order valence-corrected chi connectivity index (χ1v) is 12.6. The normalized spacial score (nSPS) is 18.2. The fraction of sp³-hybridized carbons (Fsp3) is 0.367. The Labute approximate surface area is 217 Å².